The van der Waals surface area contributed by atoms with Gasteiger partial charge >= 0.3 is 5.97 Å². The summed E-state index contributed by atoms with van der Waals surface area (Å²) in [7, 11) is 1.60. The van der Waals surface area contributed by atoms with Gasteiger partial charge in [-0.2, -0.15) is 5.10 Å². The number of carbonyl (C=O) groups excluding carboxylic acids is 3. The fraction of sp³-hybridized carbons (Fsp3) is 0.304. The van der Waals surface area contributed by atoms with Crippen LogP contribution in [-0.2, 0) is 19.1 Å². The highest BCUT2D eigenvalue weighted by atomic mass is 32.2. The molecule has 1 aromatic carbocycles. The van der Waals surface area contributed by atoms with Crippen molar-refractivity contribution in [1.82, 2.24) is 9.91 Å². The Morgan fingerprint density at radius 3 is 2.73 bits per heavy atom. The highest BCUT2D eigenvalue weighted by Crippen LogP contribution is 2.35. The van der Waals surface area contributed by atoms with E-state index in [1.807, 2.05) is 24.3 Å². The van der Waals surface area contributed by atoms with Gasteiger partial charge in [0, 0.05) is 6.42 Å². The van der Waals surface area contributed by atoms with Crippen LogP contribution in [0.2, 0.25) is 0 Å². The highest BCUT2D eigenvalue weighted by Gasteiger charge is 2.38. The molecule has 0 bridgehead atoms. The monoisotopic (exact) mass is 469 g/mol. The molecule has 2 aliphatic rings. The van der Waals surface area contributed by atoms with Gasteiger partial charge in [0.15, 0.2) is 0 Å². The third kappa shape index (κ3) is 4.95. The van der Waals surface area contributed by atoms with E-state index in [2.05, 4.69) is 5.10 Å². The standard InChI is InChI=1S/C23H23N3O6S/c1-3-31-23(29)12-22-25(21(28)14-33-22)13-20(27)26-18(19-5-4-10-32-19)11-17(24-26)15-6-8-16(30-2)9-7-15/h4-10,12,18H,3,11,13-14H2,1-2H3/b22-12-. The van der Waals surface area contributed by atoms with Crippen LogP contribution in [0.15, 0.2) is 63.3 Å². The van der Waals surface area contributed by atoms with Crippen molar-refractivity contribution < 1.29 is 28.3 Å². The number of furan rings is 1. The Balaban J connectivity index is 1.58. The van der Waals surface area contributed by atoms with Gasteiger partial charge in [-0.3, -0.25) is 14.5 Å². The van der Waals surface area contributed by atoms with E-state index in [4.69, 9.17) is 13.9 Å². The predicted molar refractivity (Wildman–Crippen MR) is 121 cm³/mol. The molecule has 1 fully saturated rings. The molecular formula is C23H23N3O6S. The number of methoxy groups -OCH3 is 1. The molecule has 1 aromatic heterocycles. The Bertz CT molecular complexity index is 1090. The summed E-state index contributed by atoms with van der Waals surface area (Å²) in [6, 6.07) is 10.5. The number of hydrazone groups is 1. The Hall–Kier alpha value is -3.53. The summed E-state index contributed by atoms with van der Waals surface area (Å²) in [6.45, 7) is 1.68. The van der Waals surface area contributed by atoms with Gasteiger partial charge in [-0.05, 0) is 48.9 Å². The van der Waals surface area contributed by atoms with Gasteiger partial charge in [-0.1, -0.05) is 11.8 Å². The van der Waals surface area contributed by atoms with Crippen molar-refractivity contribution in [3.8, 4) is 5.75 Å². The van der Waals surface area contributed by atoms with Crippen LogP contribution >= 0.6 is 11.8 Å². The maximum Gasteiger partial charge on any atom is 0.333 e. The molecule has 33 heavy (non-hydrogen) atoms. The molecule has 2 aliphatic heterocycles. The third-order valence-corrected chi connectivity index (χ3v) is 6.22. The summed E-state index contributed by atoms with van der Waals surface area (Å²) in [5.74, 6) is 0.281. The molecule has 0 spiro atoms. The molecule has 9 nitrogen and oxygen atoms in total. The fourth-order valence-electron chi connectivity index (χ4n) is 3.59. The number of hydrogen-bond donors (Lipinski definition) is 0. The Labute approximate surface area is 195 Å². The molecule has 3 heterocycles. The number of carbonyl (C=O) groups is 3. The van der Waals surface area contributed by atoms with Crippen LogP contribution in [0.5, 0.6) is 5.75 Å². The van der Waals surface area contributed by atoms with Crippen LogP contribution in [0.3, 0.4) is 0 Å². The zero-order chi connectivity index (χ0) is 23.4. The topological polar surface area (TPSA) is 102 Å². The van der Waals surface area contributed by atoms with Crippen LogP contribution < -0.4 is 4.74 Å². The maximum absolute atomic E-state index is 13.3. The van der Waals surface area contributed by atoms with E-state index in [1.54, 1.807) is 32.4 Å². The second kappa shape index (κ2) is 9.95. The van der Waals surface area contributed by atoms with Crippen LogP contribution in [-0.4, -0.2) is 59.4 Å². The lowest BCUT2D eigenvalue weighted by Crippen LogP contribution is -2.38. The molecule has 0 saturated carbocycles. The average Bonchev–Trinajstić information content (AvgIpc) is 3.56. The molecule has 2 amide bonds. The molecule has 1 unspecified atom stereocenters. The molecular weight excluding hydrogens is 446 g/mol. The Morgan fingerprint density at radius 1 is 1.27 bits per heavy atom. The zero-order valence-corrected chi connectivity index (χ0v) is 19.0. The lowest BCUT2D eigenvalue weighted by atomic mass is 10.0. The van der Waals surface area contributed by atoms with E-state index in [9.17, 15) is 14.4 Å². The number of thioether (sulfide) groups is 1. The second-order valence-corrected chi connectivity index (χ2v) is 8.25. The van der Waals surface area contributed by atoms with Crippen molar-refractivity contribution in [1.29, 1.82) is 0 Å². The average molecular weight is 470 g/mol. The van der Waals surface area contributed by atoms with Crippen molar-refractivity contribution in [3.05, 3.63) is 65.1 Å². The molecule has 1 atom stereocenters. The van der Waals surface area contributed by atoms with Crippen LogP contribution in [0.4, 0.5) is 0 Å². The van der Waals surface area contributed by atoms with Gasteiger partial charge in [-0.25, -0.2) is 9.80 Å². The van der Waals surface area contributed by atoms with Crippen molar-refractivity contribution in [3.63, 3.8) is 0 Å². The van der Waals surface area contributed by atoms with Gasteiger partial charge in [0.1, 0.15) is 24.1 Å². The summed E-state index contributed by atoms with van der Waals surface area (Å²) in [4.78, 5) is 38.9. The number of amides is 2. The number of rotatable bonds is 7. The van der Waals surface area contributed by atoms with Gasteiger partial charge < -0.3 is 13.9 Å². The molecule has 4 rings (SSSR count). The Kier molecular flexibility index (Phi) is 6.83. The first-order chi connectivity index (χ1) is 16.0. The quantitative estimate of drug-likeness (QED) is 0.454. The largest absolute Gasteiger partial charge is 0.497 e. The molecule has 0 aliphatic carbocycles. The Morgan fingerprint density at radius 2 is 2.06 bits per heavy atom. The van der Waals surface area contributed by atoms with E-state index in [1.165, 1.54) is 27.7 Å². The SMILES string of the molecule is CCOC(=O)/C=C1\SCC(=O)N1CC(=O)N1N=C(c2ccc(OC)cc2)CC1c1ccco1. The van der Waals surface area contributed by atoms with Crippen LogP contribution in [0, 0.1) is 0 Å². The van der Waals surface area contributed by atoms with Gasteiger partial charge in [0.25, 0.3) is 5.91 Å². The summed E-state index contributed by atoms with van der Waals surface area (Å²) < 4.78 is 15.7. The molecule has 10 heteroatoms. The van der Waals surface area contributed by atoms with Gasteiger partial charge in [0.2, 0.25) is 5.91 Å². The second-order valence-electron chi connectivity index (χ2n) is 7.25. The molecule has 1 saturated heterocycles. The van der Waals surface area contributed by atoms with E-state index in [0.717, 1.165) is 17.0 Å². The summed E-state index contributed by atoms with van der Waals surface area (Å²) in [5.41, 5.74) is 1.58. The number of hydrogen-bond acceptors (Lipinski definition) is 8. The minimum Gasteiger partial charge on any atom is -0.497 e. The van der Waals surface area contributed by atoms with Crippen molar-refractivity contribution in [2.45, 2.75) is 19.4 Å². The van der Waals surface area contributed by atoms with Crippen LogP contribution in [0.1, 0.15) is 30.7 Å². The predicted octanol–water partition coefficient (Wildman–Crippen LogP) is 2.95. The molecule has 0 radical (unpaired) electrons. The smallest absolute Gasteiger partial charge is 0.333 e. The third-order valence-electron chi connectivity index (χ3n) is 5.19. The van der Waals surface area contributed by atoms with Crippen molar-refractivity contribution >= 4 is 35.3 Å². The van der Waals surface area contributed by atoms with Crippen molar-refractivity contribution in [2.75, 3.05) is 26.0 Å². The van der Waals surface area contributed by atoms with Crippen molar-refractivity contribution in [2.24, 2.45) is 5.10 Å². The van der Waals surface area contributed by atoms with Gasteiger partial charge in [0.05, 0.1) is 42.5 Å². The highest BCUT2D eigenvalue weighted by molar-refractivity contribution is 8.04. The van der Waals surface area contributed by atoms with Crippen LogP contribution in [0.25, 0.3) is 0 Å². The van der Waals surface area contributed by atoms with E-state index in [0.29, 0.717) is 17.2 Å². The maximum atomic E-state index is 13.3. The molecule has 0 N–H and O–H groups in total. The summed E-state index contributed by atoms with van der Waals surface area (Å²) >= 11 is 1.20. The number of benzene rings is 1. The lowest BCUT2D eigenvalue weighted by Gasteiger charge is -2.23. The first kappa shape index (κ1) is 22.7. The minimum atomic E-state index is -0.554. The molecule has 172 valence electrons. The number of nitrogens with zero attached hydrogens (tertiary/aromatic N) is 3. The lowest BCUT2D eigenvalue weighted by molar-refractivity contribution is -0.139. The zero-order valence-electron chi connectivity index (χ0n) is 18.2. The van der Waals surface area contributed by atoms with E-state index < -0.39 is 12.0 Å². The fourth-order valence-corrected chi connectivity index (χ4v) is 4.52. The summed E-state index contributed by atoms with van der Waals surface area (Å²) in [6.07, 6.45) is 3.25. The van der Waals surface area contributed by atoms with E-state index in [-0.39, 0.29) is 30.7 Å². The first-order valence-electron chi connectivity index (χ1n) is 10.4. The van der Waals surface area contributed by atoms with E-state index >= 15 is 0 Å². The first-order valence-corrected chi connectivity index (χ1v) is 11.4. The number of esters is 1. The summed E-state index contributed by atoms with van der Waals surface area (Å²) in [5, 5.41) is 6.32. The van der Waals surface area contributed by atoms with Gasteiger partial charge in [-0.15, -0.1) is 0 Å². The molecule has 2 aromatic rings. The minimum absolute atomic E-state index is 0.153. The normalized spacial score (nSPS) is 19.2. The number of ether oxygens (including phenoxy) is 2.